The molecule has 238 valence electrons. The van der Waals surface area contributed by atoms with Gasteiger partial charge in [0.15, 0.2) is 0 Å². The van der Waals surface area contributed by atoms with Crippen molar-refractivity contribution < 1.29 is 33.0 Å². The Hall–Kier alpha value is -3.22. The van der Waals surface area contributed by atoms with Crippen LogP contribution >= 0.6 is 0 Å². The van der Waals surface area contributed by atoms with Crippen LogP contribution in [0.3, 0.4) is 0 Å². The highest BCUT2D eigenvalue weighted by atomic mass is 19.4. The van der Waals surface area contributed by atoms with Crippen LogP contribution in [0.15, 0.2) is 42.6 Å². The van der Waals surface area contributed by atoms with Crippen molar-refractivity contribution in [1.82, 2.24) is 20.1 Å². The average Bonchev–Trinajstić information content (AvgIpc) is 3.71. The van der Waals surface area contributed by atoms with Crippen LogP contribution in [0.5, 0.6) is 0 Å². The minimum atomic E-state index is -4.55. The maximum absolute atomic E-state index is 13.1. The van der Waals surface area contributed by atoms with E-state index in [1.54, 1.807) is 6.20 Å². The van der Waals surface area contributed by atoms with E-state index in [9.17, 15) is 33.0 Å². The van der Waals surface area contributed by atoms with Crippen LogP contribution in [-0.2, 0) is 16.6 Å². The van der Waals surface area contributed by atoms with Crippen LogP contribution < -0.4 is 10.2 Å². The molecule has 2 unspecified atom stereocenters. The van der Waals surface area contributed by atoms with Gasteiger partial charge < -0.3 is 25.3 Å². The molecule has 0 radical (unpaired) electrons. The van der Waals surface area contributed by atoms with Crippen molar-refractivity contribution in [3.8, 4) is 0 Å². The van der Waals surface area contributed by atoms with Gasteiger partial charge in [0.05, 0.1) is 35.3 Å². The Morgan fingerprint density at radius 1 is 1.00 bits per heavy atom. The molecule has 2 aromatic rings. The second-order valence-electron chi connectivity index (χ2n) is 13.1. The summed E-state index contributed by atoms with van der Waals surface area (Å²) in [6, 6.07) is 8.60. The first-order valence-corrected chi connectivity index (χ1v) is 15.5. The van der Waals surface area contributed by atoms with E-state index in [0.29, 0.717) is 44.1 Å². The highest BCUT2D eigenvalue weighted by Gasteiger charge is 2.48. The molecule has 44 heavy (non-hydrogen) atoms. The lowest BCUT2D eigenvalue weighted by atomic mass is 9.79. The molecule has 0 spiro atoms. The summed E-state index contributed by atoms with van der Waals surface area (Å²) in [5, 5.41) is 24.3. The molecule has 2 amide bonds. The maximum Gasteiger partial charge on any atom is 0.416 e. The zero-order valence-electron chi connectivity index (χ0n) is 24.9. The number of rotatable bonds is 6. The summed E-state index contributed by atoms with van der Waals surface area (Å²) in [7, 11) is 0. The van der Waals surface area contributed by atoms with E-state index in [1.807, 2.05) is 24.0 Å². The quantitative estimate of drug-likeness (QED) is 0.458. The Labute approximate surface area is 255 Å². The summed E-state index contributed by atoms with van der Waals surface area (Å²) in [5.74, 6) is -0.943. The molecule has 1 aromatic carbocycles. The minimum absolute atomic E-state index is 0.0364. The Balaban J connectivity index is 1.00. The molecule has 0 bridgehead atoms. The lowest BCUT2D eigenvalue weighted by molar-refractivity contribution is -0.137. The number of nitrogens with one attached hydrogen (secondary N) is 1. The first kappa shape index (κ1) is 30.8. The number of halogens is 3. The van der Waals surface area contributed by atoms with E-state index in [1.165, 1.54) is 12.1 Å². The molecule has 3 saturated heterocycles. The summed E-state index contributed by atoms with van der Waals surface area (Å²) in [4.78, 5) is 36.6. The Kier molecular flexibility index (Phi) is 8.13. The predicted molar refractivity (Wildman–Crippen MR) is 157 cm³/mol. The van der Waals surface area contributed by atoms with Gasteiger partial charge in [-0.3, -0.25) is 19.5 Å². The number of benzene rings is 1. The molecule has 4 aliphatic rings. The molecule has 3 atom stereocenters. The van der Waals surface area contributed by atoms with Crippen LogP contribution in [0.4, 0.5) is 18.9 Å². The molecule has 3 N–H and O–H groups in total. The summed E-state index contributed by atoms with van der Waals surface area (Å²) in [6.07, 6.45) is 2.43. The number of nitrogens with zero attached hydrogens (tertiary/aromatic N) is 4. The van der Waals surface area contributed by atoms with Crippen LogP contribution in [0.25, 0.3) is 0 Å². The lowest BCUT2D eigenvalue weighted by Gasteiger charge is -2.41. The first-order chi connectivity index (χ1) is 20.8. The van der Waals surface area contributed by atoms with Gasteiger partial charge in [-0.1, -0.05) is 6.07 Å². The van der Waals surface area contributed by atoms with E-state index in [4.69, 9.17) is 0 Å². The number of aliphatic hydroxyl groups is 2. The fraction of sp³-hybridized carbons (Fsp3) is 0.594. The number of amides is 2. The van der Waals surface area contributed by atoms with Gasteiger partial charge in [-0.15, -0.1) is 0 Å². The van der Waals surface area contributed by atoms with Gasteiger partial charge in [0.2, 0.25) is 5.91 Å². The molecular formula is C32H40F3N5O4. The SMILES string of the molecule is C[C@@]1(O)CCN(c2ccc(C3(O)CCC(N4CCC5C4CCN5C(=O)CNC(=O)c4cccc(C(F)(F)F)c4)CC3)nc2)C1. The van der Waals surface area contributed by atoms with Gasteiger partial charge in [-0.25, -0.2) is 0 Å². The normalized spacial score (nSPS) is 30.9. The number of β-amino-alcohol motifs (C(OH)–C–C–N with tert-alkyl or cyclic N) is 1. The number of hydrogen-bond donors (Lipinski definition) is 3. The van der Waals surface area contributed by atoms with E-state index in [2.05, 4.69) is 20.1 Å². The van der Waals surface area contributed by atoms with Gasteiger partial charge in [-0.05, 0) is 82.2 Å². The zero-order chi connectivity index (χ0) is 31.3. The standard InChI is InChI=1S/C32H40F3N5O4/c1-30(43)13-16-38(20-30)24-5-6-27(36-18-24)31(44)11-7-23(8-12-31)39-14-9-26-25(39)10-15-40(26)28(41)19-37-29(42)21-3-2-4-22(17-21)32(33,34)35/h2-6,17-18,23,25-26,43-44H,7-16,19-20H2,1H3,(H,37,42)/t23?,25?,26?,30-,31?/m1/s1. The van der Waals surface area contributed by atoms with Gasteiger partial charge in [0, 0.05) is 49.9 Å². The number of carbonyl (C=O) groups excluding carboxylic acids is 2. The third kappa shape index (κ3) is 6.16. The molecular weight excluding hydrogens is 575 g/mol. The molecule has 1 saturated carbocycles. The summed E-state index contributed by atoms with van der Waals surface area (Å²) in [5.41, 5.74) is -1.10. The topological polar surface area (TPSA) is 109 Å². The summed E-state index contributed by atoms with van der Waals surface area (Å²) < 4.78 is 39.1. The molecule has 6 rings (SSSR count). The summed E-state index contributed by atoms with van der Waals surface area (Å²) >= 11 is 0. The minimum Gasteiger partial charge on any atom is -0.388 e. The smallest absolute Gasteiger partial charge is 0.388 e. The van der Waals surface area contributed by atoms with Crippen molar-refractivity contribution in [2.75, 3.05) is 37.6 Å². The van der Waals surface area contributed by atoms with Crippen molar-refractivity contribution in [2.45, 2.75) is 87.4 Å². The van der Waals surface area contributed by atoms with Crippen molar-refractivity contribution in [3.63, 3.8) is 0 Å². The van der Waals surface area contributed by atoms with Gasteiger partial charge in [-0.2, -0.15) is 13.2 Å². The van der Waals surface area contributed by atoms with Gasteiger partial charge in [0.25, 0.3) is 5.91 Å². The molecule has 1 aromatic heterocycles. The molecule has 12 heteroatoms. The van der Waals surface area contributed by atoms with E-state index >= 15 is 0 Å². The lowest BCUT2D eigenvalue weighted by Crippen LogP contribution is -2.47. The highest BCUT2D eigenvalue weighted by molar-refractivity contribution is 5.96. The molecule has 1 aliphatic carbocycles. The highest BCUT2D eigenvalue weighted by Crippen LogP contribution is 2.42. The molecule has 4 fully saturated rings. The van der Waals surface area contributed by atoms with Crippen LogP contribution in [0.1, 0.15) is 73.5 Å². The summed E-state index contributed by atoms with van der Waals surface area (Å²) in [6.45, 7) is 4.34. The number of alkyl halides is 3. The third-order valence-electron chi connectivity index (χ3n) is 10.1. The fourth-order valence-corrected chi connectivity index (χ4v) is 7.66. The van der Waals surface area contributed by atoms with Crippen molar-refractivity contribution in [2.24, 2.45) is 0 Å². The molecule has 9 nitrogen and oxygen atoms in total. The largest absolute Gasteiger partial charge is 0.416 e. The number of likely N-dealkylation sites (tertiary alicyclic amines) is 2. The van der Waals surface area contributed by atoms with Crippen molar-refractivity contribution >= 4 is 17.5 Å². The number of aromatic nitrogens is 1. The monoisotopic (exact) mass is 615 g/mol. The van der Waals surface area contributed by atoms with Crippen molar-refractivity contribution in [3.05, 3.63) is 59.4 Å². The fourth-order valence-electron chi connectivity index (χ4n) is 7.66. The Bertz CT molecular complexity index is 1380. The van der Waals surface area contributed by atoms with E-state index in [0.717, 1.165) is 56.6 Å². The second-order valence-corrected chi connectivity index (χ2v) is 13.1. The van der Waals surface area contributed by atoms with Gasteiger partial charge >= 0.3 is 6.18 Å². The Morgan fingerprint density at radius 2 is 1.75 bits per heavy atom. The maximum atomic E-state index is 13.1. The van der Waals surface area contributed by atoms with Gasteiger partial charge in [0.1, 0.15) is 5.60 Å². The Morgan fingerprint density at radius 3 is 2.41 bits per heavy atom. The zero-order valence-corrected chi connectivity index (χ0v) is 24.9. The number of anilines is 1. The average molecular weight is 616 g/mol. The third-order valence-corrected chi connectivity index (χ3v) is 10.1. The van der Waals surface area contributed by atoms with Crippen LogP contribution in [0, 0.1) is 0 Å². The number of fused-ring (bicyclic) bond motifs is 1. The first-order valence-electron chi connectivity index (χ1n) is 15.5. The van der Waals surface area contributed by atoms with E-state index < -0.39 is 28.8 Å². The van der Waals surface area contributed by atoms with Crippen LogP contribution in [0.2, 0.25) is 0 Å². The predicted octanol–water partition coefficient (Wildman–Crippen LogP) is 3.30. The number of hydrogen-bond acceptors (Lipinski definition) is 7. The number of pyridine rings is 1. The van der Waals surface area contributed by atoms with Crippen molar-refractivity contribution in [1.29, 1.82) is 0 Å². The van der Waals surface area contributed by atoms with Crippen LogP contribution in [-0.4, -0.2) is 93.3 Å². The molecule has 3 aliphatic heterocycles. The number of carbonyl (C=O) groups is 2. The molecule has 4 heterocycles. The van der Waals surface area contributed by atoms with E-state index in [-0.39, 0.29) is 30.1 Å². The second kappa shape index (κ2) is 11.6.